The van der Waals surface area contributed by atoms with Gasteiger partial charge in [-0.1, -0.05) is 51.4 Å². The van der Waals surface area contributed by atoms with E-state index in [-0.39, 0.29) is 79.1 Å². The number of rotatable bonds is 28. The van der Waals surface area contributed by atoms with Crippen molar-refractivity contribution < 1.29 is 38.4 Å². The molecule has 0 bridgehead atoms. The number of hydrogen-bond acceptors (Lipinski definition) is 19. The minimum absolute atomic E-state index is 0. The monoisotopic (exact) mass is 1700 g/mol. The zero-order chi connectivity index (χ0) is 78.5. The van der Waals surface area contributed by atoms with Crippen molar-refractivity contribution >= 4 is 84.9 Å². The summed E-state index contributed by atoms with van der Waals surface area (Å²) in [6.45, 7) is 35.9. The number of piperidine rings is 4. The molecule has 7 aliphatic heterocycles. The lowest BCUT2D eigenvalue weighted by Crippen LogP contribution is -2.48. The van der Waals surface area contributed by atoms with E-state index in [4.69, 9.17) is 35.5 Å². The fraction of sp³-hybridized carbons (Fsp3) is 0.800. The van der Waals surface area contributed by atoms with Gasteiger partial charge < -0.3 is 80.5 Å². The first-order chi connectivity index (χ1) is 54.8. The van der Waals surface area contributed by atoms with Crippen LogP contribution in [0, 0.1) is 47.3 Å². The smallest absolute Gasteiger partial charge is 0.337 e. The molecule has 3 aromatic rings. The normalized spacial score (nSPS) is 27.3. The molecular weight excluding hydrogens is 1550 g/mol. The Balaban J connectivity index is 0.000000231. The number of carboxylic acids is 1. The number of carboxylic acid groups (broad SMARTS) is 1. The van der Waals surface area contributed by atoms with Crippen LogP contribution < -0.4 is 36.8 Å². The number of nitrogens with one attached hydrogen (secondary N) is 2. The SMILES string of the molecule is CCOC[C@@H]1CCCN(C[C@@H]2CCCC[C@H]2N)C1.CCOC[C@@H]1CCCN(C[C@@H]2CCCC[C@H]2NC(=O)c2ccc(N3CCCC3)nc2)C1.CCOC[C@@H]1CCCN(C[C@H]2CCCC[C@@H]2N)C1.CCOC[C@@H]1CCCN(C[C@H]2CCCC[C@@H]2NC(=O)c2ccc(N3CCCC3)nc2)C1.Cl.Cl.Cl.Cl.O=C(O)c1ccc(N2CCCC2)nc1. The highest BCUT2D eigenvalue weighted by Crippen LogP contribution is 2.33. The van der Waals surface area contributed by atoms with Crippen LogP contribution in [0.4, 0.5) is 17.5 Å². The predicted octanol–water partition coefficient (Wildman–Crippen LogP) is 15.0. The first kappa shape index (κ1) is 101. The lowest BCUT2D eigenvalue weighted by molar-refractivity contribution is 0.0546. The second kappa shape index (κ2) is 56.6. The van der Waals surface area contributed by atoms with Gasteiger partial charge in [0.1, 0.15) is 17.5 Å². The van der Waals surface area contributed by atoms with E-state index < -0.39 is 5.97 Å². The van der Waals surface area contributed by atoms with Crippen molar-refractivity contribution in [1.29, 1.82) is 0 Å². The van der Waals surface area contributed by atoms with Gasteiger partial charge >= 0.3 is 5.97 Å². The maximum Gasteiger partial charge on any atom is 0.337 e. The lowest BCUT2D eigenvalue weighted by atomic mass is 9.83. The van der Waals surface area contributed by atoms with Gasteiger partial charge in [0.2, 0.25) is 0 Å². The molecular formula is C90H156Cl4N14O8. The van der Waals surface area contributed by atoms with E-state index in [1.165, 1.54) is 238 Å². The second-order valence-corrected chi connectivity index (χ2v) is 35.0. The number of hydrogen-bond donors (Lipinski definition) is 5. The van der Waals surface area contributed by atoms with Gasteiger partial charge in [0.15, 0.2) is 0 Å². The van der Waals surface area contributed by atoms with E-state index in [1.807, 2.05) is 24.3 Å². The number of nitrogens with two attached hydrogens (primary N) is 2. The third-order valence-electron chi connectivity index (χ3n) is 26.3. The van der Waals surface area contributed by atoms with Crippen molar-refractivity contribution in [3.8, 4) is 0 Å². The fourth-order valence-corrected chi connectivity index (χ4v) is 19.9. The van der Waals surface area contributed by atoms with Gasteiger partial charge in [-0.15, -0.1) is 49.6 Å². The molecule has 26 heteroatoms. The summed E-state index contributed by atoms with van der Waals surface area (Å²) >= 11 is 0. The van der Waals surface area contributed by atoms with E-state index in [9.17, 15) is 14.4 Å². The van der Waals surface area contributed by atoms with Crippen molar-refractivity contribution in [2.24, 2.45) is 58.8 Å². The van der Waals surface area contributed by atoms with Crippen LogP contribution in [0.1, 0.15) is 251 Å². The van der Waals surface area contributed by atoms with E-state index in [1.54, 1.807) is 24.5 Å². The number of aromatic nitrogens is 3. The van der Waals surface area contributed by atoms with Crippen LogP contribution >= 0.6 is 49.6 Å². The summed E-state index contributed by atoms with van der Waals surface area (Å²) in [5.41, 5.74) is 14.1. The Morgan fingerprint density at radius 3 is 0.888 bits per heavy atom. The number of anilines is 3. The average Bonchev–Trinajstić information content (AvgIpc) is 0.998. The number of aromatic carboxylic acids is 1. The molecule has 7 saturated heterocycles. The average molecular weight is 1700 g/mol. The van der Waals surface area contributed by atoms with Crippen LogP contribution in [0.2, 0.25) is 0 Å². The van der Waals surface area contributed by atoms with Crippen molar-refractivity contribution in [2.45, 2.75) is 244 Å². The highest BCUT2D eigenvalue weighted by atomic mass is 35.5. The molecule has 4 aliphatic carbocycles. The summed E-state index contributed by atoms with van der Waals surface area (Å²) in [6.07, 6.45) is 42.8. The third-order valence-corrected chi connectivity index (χ3v) is 26.3. The Labute approximate surface area is 724 Å². The molecule has 7 N–H and O–H groups in total. The van der Waals surface area contributed by atoms with E-state index in [0.717, 1.165) is 172 Å². The van der Waals surface area contributed by atoms with Gasteiger partial charge in [0.25, 0.3) is 11.8 Å². The quantitative estimate of drug-likeness (QED) is 0.0453. The molecule has 0 radical (unpaired) electrons. The van der Waals surface area contributed by atoms with Crippen LogP contribution in [0.15, 0.2) is 55.0 Å². The number of ether oxygens (including phenoxy) is 4. The van der Waals surface area contributed by atoms with Crippen molar-refractivity contribution in [3.63, 3.8) is 0 Å². The summed E-state index contributed by atoms with van der Waals surface area (Å²) in [7, 11) is 0. The Bertz CT molecular complexity index is 2930. The Hall–Kier alpha value is -3.98. The van der Waals surface area contributed by atoms with Crippen molar-refractivity contribution in [2.75, 3.05) is 185 Å². The number of pyridine rings is 3. The summed E-state index contributed by atoms with van der Waals surface area (Å²) < 4.78 is 22.5. The highest BCUT2D eigenvalue weighted by Gasteiger charge is 2.35. The van der Waals surface area contributed by atoms with Gasteiger partial charge in [-0.05, 0) is 279 Å². The standard InChI is InChI=1S/2C25H40N4O2.2C15H30N2O.C10H12N2O2.4ClH/c2*1-2-31-19-20-8-7-13-28(17-20)18-22-9-3-4-10-23(22)27-25(30)21-11-12-24(26-16-21)29-14-5-6-15-29;2*1-2-18-12-13-6-5-9-17(10-13)11-14-7-3-4-8-15(14)16;13-10(14)8-3-4-9(11-7-8)12-5-1-2-6-12;;;;/h2*11-12,16,20,22-23H,2-10,13-15,17-19H2,1H3,(H,27,30);2*13-15H,2-12,16H2,1H3;3-4,7H,1-2,5-6H2,(H,13,14);4*1H/t20-,22+,23-;20-,22-,23+;13-,14+,15-;13-,14-,15+;;;;;/m1111...../s1. The Morgan fingerprint density at radius 2 is 0.621 bits per heavy atom. The molecule has 2 amide bonds. The molecule has 0 spiro atoms. The van der Waals surface area contributed by atoms with Crippen molar-refractivity contribution in [3.05, 3.63) is 71.7 Å². The molecule has 0 unspecified atom stereocenters. The van der Waals surface area contributed by atoms with Crippen LogP contribution in [-0.4, -0.2) is 252 Å². The zero-order valence-corrected chi connectivity index (χ0v) is 75.1. The summed E-state index contributed by atoms with van der Waals surface area (Å²) in [5, 5.41) is 15.4. The Kier molecular flexibility index (Phi) is 49.2. The van der Waals surface area contributed by atoms with E-state index in [0.29, 0.717) is 46.9 Å². The first-order valence-electron chi connectivity index (χ1n) is 45.5. The van der Waals surface area contributed by atoms with Crippen LogP contribution in [0.25, 0.3) is 0 Å². The molecule has 662 valence electrons. The minimum Gasteiger partial charge on any atom is -0.478 e. The summed E-state index contributed by atoms with van der Waals surface area (Å²) in [5.74, 6) is 7.39. The predicted molar refractivity (Wildman–Crippen MR) is 482 cm³/mol. The number of carbonyl (C=O) groups excluding carboxylic acids is 2. The van der Waals surface area contributed by atoms with E-state index >= 15 is 0 Å². The van der Waals surface area contributed by atoms with Gasteiger partial charge in [-0.2, -0.15) is 0 Å². The zero-order valence-electron chi connectivity index (χ0n) is 71.8. The molecule has 11 aliphatic rings. The minimum atomic E-state index is -0.925. The second-order valence-electron chi connectivity index (χ2n) is 35.0. The van der Waals surface area contributed by atoms with Crippen LogP contribution in [0.5, 0.6) is 0 Å². The molecule has 116 heavy (non-hydrogen) atoms. The number of halogens is 4. The highest BCUT2D eigenvalue weighted by molar-refractivity contribution is 5.95. The molecule has 22 nitrogen and oxygen atoms in total. The van der Waals surface area contributed by atoms with Crippen LogP contribution in [-0.2, 0) is 18.9 Å². The fourth-order valence-electron chi connectivity index (χ4n) is 19.9. The molecule has 4 saturated carbocycles. The van der Waals surface area contributed by atoms with Gasteiger partial charge in [0.05, 0.1) is 43.1 Å². The molecule has 0 aromatic carbocycles. The van der Waals surface area contributed by atoms with E-state index in [2.05, 4.69) is 87.6 Å². The van der Waals surface area contributed by atoms with Gasteiger partial charge in [0, 0.05) is 161 Å². The summed E-state index contributed by atoms with van der Waals surface area (Å²) in [6, 6.07) is 12.7. The molecule has 14 rings (SSSR count). The number of amides is 2. The van der Waals surface area contributed by atoms with Crippen LogP contribution in [0.3, 0.4) is 0 Å². The van der Waals surface area contributed by atoms with Gasteiger partial charge in [-0.3, -0.25) is 9.59 Å². The third kappa shape index (κ3) is 34.4. The maximum atomic E-state index is 13.0. The largest absolute Gasteiger partial charge is 0.478 e. The molecule has 12 atom stereocenters. The molecule has 3 aromatic heterocycles. The number of carbonyl (C=O) groups is 3. The summed E-state index contributed by atoms with van der Waals surface area (Å²) in [4.78, 5) is 67.1. The van der Waals surface area contributed by atoms with Crippen molar-refractivity contribution in [1.82, 2.24) is 45.2 Å². The molecule has 10 heterocycles. The molecule has 11 fully saturated rings. The first-order valence-corrected chi connectivity index (χ1v) is 45.5. The number of likely N-dealkylation sites (tertiary alicyclic amines) is 4. The lowest BCUT2D eigenvalue weighted by Gasteiger charge is -2.39. The van der Waals surface area contributed by atoms with Gasteiger partial charge in [-0.25, -0.2) is 19.7 Å². The Morgan fingerprint density at radius 1 is 0.353 bits per heavy atom. The number of nitrogens with zero attached hydrogens (tertiary/aromatic N) is 10. The maximum absolute atomic E-state index is 13.0. The topological polar surface area (TPSA) is 246 Å².